The van der Waals surface area contributed by atoms with Crippen LogP contribution in [0.3, 0.4) is 0 Å². The molecule has 1 unspecified atom stereocenters. The predicted octanol–water partition coefficient (Wildman–Crippen LogP) is 5.30. The van der Waals surface area contributed by atoms with E-state index < -0.39 is 5.79 Å². The highest BCUT2D eigenvalue weighted by atomic mass is 16.7. The van der Waals surface area contributed by atoms with Gasteiger partial charge in [-0.3, -0.25) is 0 Å². The minimum atomic E-state index is -0.526. The summed E-state index contributed by atoms with van der Waals surface area (Å²) >= 11 is 0. The summed E-state index contributed by atoms with van der Waals surface area (Å²) in [5.74, 6) is 0.588. The summed E-state index contributed by atoms with van der Waals surface area (Å²) < 4.78 is 16.7. The molecular formula is C18H36O3. The lowest BCUT2D eigenvalue weighted by molar-refractivity contribution is -0.231. The molecule has 0 amide bonds. The van der Waals surface area contributed by atoms with Gasteiger partial charge in [-0.05, 0) is 26.7 Å². The van der Waals surface area contributed by atoms with Crippen LogP contribution in [0.2, 0.25) is 0 Å². The number of hydrogen-bond acceptors (Lipinski definition) is 3. The molecule has 0 saturated carbocycles. The van der Waals surface area contributed by atoms with Crippen LogP contribution in [0.15, 0.2) is 12.3 Å². The van der Waals surface area contributed by atoms with E-state index in [1.54, 1.807) is 14.2 Å². The van der Waals surface area contributed by atoms with E-state index in [1.165, 1.54) is 38.5 Å². The first kappa shape index (κ1) is 20.5. The molecule has 0 aliphatic rings. The van der Waals surface area contributed by atoms with Crippen molar-refractivity contribution < 1.29 is 14.2 Å². The van der Waals surface area contributed by atoms with Gasteiger partial charge in [-0.1, -0.05) is 52.0 Å². The van der Waals surface area contributed by atoms with Crippen LogP contribution >= 0.6 is 0 Å². The SMILES string of the molecule is C=C(C)OCCC(CCCCCCCC)C(C)(OC)OC. The zero-order valence-electron chi connectivity index (χ0n) is 14.9. The van der Waals surface area contributed by atoms with Crippen LogP contribution in [-0.2, 0) is 14.2 Å². The second-order valence-electron chi connectivity index (χ2n) is 6.02. The first-order valence-electron chi connectivity index (χ1n) is 8.38. The fourth-order valence-electron chi connectivity index (χ4n) is 2.63. The van der Waals surface area contributed by atoms with Crippen molar-refractivity contribution in [3.63, 3.8) is 0 Å². The van der Waals surface area contributed by atoms with Gasteiger partial charge in [0.1, 0.15) is 0 Å². The molecule has 0 aliphatic carbocycles. The number of allylic oxidation sites excluding steroid dienone is 1. The number of ether oxygens (including phenoxy) is 3. The van der Waals surface area contributed by atoms with Crippen LogP contribution < -0.4 is 0 Å². The Morgan fingerprint density at radius 3 is 2.10 bits per heavy atom. The van der Waals surface area contributed by atoms with Crippen LogP contribution in [0.4, 0.5) is 0 Å². The summed E-state index contributed by atoms with van der Waals surface area (Å²) in [7, 11) is 3.44. The summed E-state index contributed by atoms with van der Waals surface area (Å²) in [5.41, 5.74) is 0. The van der Waals surface area contributed by atoms with Crippen molar-refractivity contribution in [1.82, 2.24) is 0 Å². The smallest absolute Gasteiger partial charge is 0.167 e. The molecule has 0 fully saturated rings. The topological polar surface area (TPSA) is 27.7 Å². The third-order valence-electron chi connectivity index (χ3n) is 4.27. The van der Waals surface area contributed by atoms with Gasteiger partial charge in [0.15, 0.2) is 5.79 Å². The van der Waals surface area contributed by atoms with Gasteiger partial charge in [0.25, 0.3) is 0 Å². The molecule has 0 aromatic rings. The van der Waals surface area contributed by atoms with Crippen molar-refractivity contribution in [2.45, 2.75) is 77.9 Å². The summed E-state index contributed by atoms with van der Waals surface area (Å²) in [5, 5.41) is 0. The Labute approximate surface area is 132 Å². The van der Waals surface area contributed by atoms with Gasteiger partial charge < -0.3 is 14.2 Å². The lowest BCUT2D eigenvalue weighted by atomic mass is 9.90. The molecule has 0 heterocycles. The van der Waals surface area contributed by atoms with E-state index >= 15 is 0 Å². The first-order valence-corrected chi connectivity index (χ1v) is 8.38. The molecule has 1 atom stereocenters. The molecule has 0 spiro atoms. The Kier molecular flexibility index (Phi) is 11.7. The molecule has 0 aromatic heterocycles. The van der Waals surface area contributed by atoms with Crippen molar-refractivity contribution in [2.75, 3.05) is 20.8 Å². The molecule has 0 N–H and O–H groups in total. The van der Waals surface area contributed by atoms with Gasteiger partial charge in [0.2, 0.25) is 0 Å². The van der Waals surface area contributed by atoms with Gasteiger partial charge in [-0.2, -0.15) is 0 Å². The largest absolute Gasteiger partial charge is 0.499 e. The molecule has 0 bridgehead atoms. The molecular weight excluding hydrogens is 264 g/mol. The Hall–Kier alpha value is -0.540. The van der Waals surface area contributed by atoms with E-state index in [0.717, 1.165) is 18.6 Å². The molecule has 126 valence electrons. The number of rotatable bonds is 14. The van der Waals surface area contributed by atoms with Crippen LogP contribution in [0.25, 0.3) is 0 Å². The fourth-order valence-corrected chi connectivity index (χ4v) is 2.63. The second-order valence-corrected chi connectivity index (χ2v) is 6.02. The van der Waals surface area contributed by atoms with Gasteiger partial charge >= 0.3 is 0 Å². The zero-order chi connectivity index (χ0) is 16.1. The summed E-state index contributed by atoms with van der Waals surface area (Å²) in [6.07, 6.45) is 9.90. The maximum atomic E-state index is 5.60. The zero-order valence-corrected chi connectivity index (χ0v) is 14.9. The Balaban J connectivity index is 4.21. The van der Waals surface area contributed by atoms with Gasteiger partial charge in [-0.25, -0.2) is 0 Å². The monoisotopic (exact) mass is 300 g/mol. The van der Waals surface area contributed by atoms with Gasteiger partial charge in [-0.15, -0.1) is 0 Å². The molecule has 3 heteroatoms. The molecule has 0 rings (SSSR count). The van der Waals surface area contributed by atoms with E-state index in [9.17, 15) is 0 Å². The minimum absolute atomic E-state index is 0.345. The van der Waals surface area contributed by atoms with Crippen LogP contribution in [0.1, 0.15) is 72.1 Å². The average Bonchev–Trinajstić information content (AvgIpc) is 2.47. The molecule has 0 aromatic carbocycles. The van der Waals surface area contributed by atoms with Gasteiger partial charge in [0.05, 0.1) is 12.4 Å². The number of hydrogen-bond donors (Lipinski definition) is 0. The lowest BCUT2D eigenvalue weighted by Crippen LogP contribution is -2.39. The maximum Gasteiger partial charge on any atom is 0.167 e. The highest BCUT2D eigenvalue weighted by Gasteiger charge is 2.33. The molecule has 0 saturated heterocycles. The molecule has 3 nitrogen and oxygen atoms in total. The van der Waals surface area contributed by atoms with Crippen LogP contribution in [0, 0.1) is 5.92 Å². The Bertz CT molecular complexity index is 259. The van der Waals surface area contributed by atoms with Crippen molar-refractivity contribution >= 4 is 0 Å². The lowest BCUT2D eigenvalue weighted by Gasteiger charge is -2.35. The summed E-state index contributed by atoms with van der Waals surface area (Å²) in [4.78, 5) is 0. The maximum absolute atomic E-state index is 5.60. The fraction of sp³-hybridized carbons (Fsp3) is 0.889. The number of unbranched alkanes of at least 4 members (excludes halogenated alkanes) is 5. The van der Waals surface area contributed by atoms with Crippen LogP contribution in [0.5, 0.6) is 0 Å². The second kappa shape index (κ2) is 12.0. The van der Waals surface area contributed by atoms with Crippen molar-refractivity contribution in [3.8, 4) is 0 Å². The normalized spacial score (nSPS) is 13.2. The van der Waals surface area contributed by atoms with E-state index in [2.05, 4.69) is 13.5 Å². The third kappa shape index (κ3) is 9.15. The minimum Gasteiger partial charge on any atom is -0.499 e. The van der Waals surface area contributed by atoms with Gasteiger partial charge in [0, 0.05) is 20.1 Å². The average molecular weight is 300 g/mol. The van der Waals surface area contributed by atoms with E-state index in [0.29, 0.717) is 12.5 Å². The standard InChI is InChI=1S/C18H36O3/c1-7-8-9-10-11-12-13-17(14-15-21-16(2)3)18(4,19-5)20-6/h17H,2,7-15H2,1,3-6H3. The van der Waals surface area contributed by atoms with E-state index in [-0.39, 0.29) is 0 Å². The Morgan fingerprint density at radius 2 is 1.57 bits per heavy atom. The first-order chi connectivity index (χ1) is 10.00. The van der Waals surface area contributed by atoms with Crippen molar-refractivity contribution in [2.24, 2.45) is 5.92 Å². The quantitative estimate of drug-likeness (QED) is 0.247. The number of methoxy groups -OCH3 is 2. The van der Waals surface area contributed by atoms with Crippen molar-refractivity contribution in [1.29, 1.82) is 0 Å². The molecule has 0 aliphatic heterocycles. The van der Waals surface area contributed by atoms with E-state index in [1.807, 2.05) is 13.8 Å². The molecule has 0 radical (unpaired) electrons. The predicted molar refractivity (Wildman–Crippen MR) is 89.3 cm³/mol. The van der Waals surface area contributed by atoms with Crippen LogP contribution in [-0.4, -0.2) is 26.6 Å². The van der Waals surface area contributed by atoms with E-state index in [4.69, 9.17) is 14.2 Å². The summed E-state index contributed by atoms with van der Waals surface area (Å²) in [6.45, 7) is 10.6. The highest BCUT2D eigenvalue weighted by molar-refractivity contribution is 4.78. The molecule has 21 heavy (non-hydrogen) atoms. The highest BCUT2D eigenvalue weighted by Crippen LogP contribution is 2.30. The Morgan fingerprint density at radius 1 is 1.00 bits per heavy atom. The third-order valence-corrected chi connectivity index (χ3v) is 4.27. The van der Waals surface area contributed by atoms with Crippen molar-refractivity contribution in [3.05, 3.63) is 12.3 Å². The summed E-state index contributed by atoms with van der Waals surface area (Å²) in [6, 6.07) is 0.